The van der Waals surface area contributed by atoms with E-state index >= 15 is 0 Å². The normalized spacial score (nSPS) is 19.8. The molecule has 0 radical (unpaired) electrons. The molecule has 1 aliphatic heterocycles. The van der Waals surface area contributed by atoms with Crippen LogP contribution in [0.25, 0.3) is 0 Å². The fourth-order valence-corrected chi connectivity index (χ4v) is 2.54. The molecule has 0 atom stereocenters. The summed E-state index contributed by atoms with van der Waals surface area (Å²) in [5, 5.41) is 3.21. The third-order valence-corrected chi connectivity index (χ3v) is 3.75. The molecule has 0 aromatic heterocycles. The lowest BCUT2D eigenvalue weighted by Gasteiger charge is -2.37. The highest BCUT2D eigenvalue weighted by molar-refractivity contribution is 5.32. The molecule has 1 fully saturated rings. The van der Waals surface area contributed by atoms with Crippen molar-refractivity contribution in [2.45, 2.75) is 24.4 Å². The van der Waals surface area contributed by atoms with Gasteiger partial charge >= 0.3 is 6.18 Å². The van der Waals surface area contributed by atoms with E-state index in [-0.39, 0.29) is 5.41 Å². The second-order valence-electron chi connectivity index (χ2n) is 4.81. The molecular weight excluding hydrogens is 241 g/mol. The maximum atomic E-state index is 12.7. The van der Waals surface area contributed by atoms with Crippen molar-refractivity contribution in [3.63, 3.8) is 0 Å². The zero-order valence-electron chi connectivity index (χ0n) is 10.1. The smallest absolute Gasteiger partial charge is 0.330 e. The number of rotatable bonds is 2. The zero-order valence-corrected chi connectivity index (χ0v) is 10.1. The fourth-order valence-electron chi connectivity index (χ4n) is 2.54. The van der Waals surface area contributed by atoms with Gasteiger partial charge in [-0.15, -0.1) is 0 Å². The Labute approximate surface area is 104 Å². The number of hydrogen-bond acceptors (Lipinski definition) is 2. The van der Waals surface area contributed by atoms with Gasteiger partial charge in [0.05, 0.1) is 5.56 Å². The van der Waals surface area contributed by atoms with E-state index in [0.29, 0.717) is 12.1 Å². The van der Waals surface area contributed by atoms with Gasteiger partial charge in [-0.25, -0.2) is 0 Å². The number of benzene rings is 1. The molecule has 1 aromatic rings. The molecule has 0 saturated carbocycles. The number of halogens is 3. The molecule has 1 saturated heterocycles. The van der Waals surface area contributed by atoms with Gasteiger partial charge < -0.3 is 11.1 Å². The molecule has 1 aromatic carbocycles. The van der Waals surface area contributed by atoms with E-state index in [9.17, 15) is 13.2 Å². The van der Waals surface area contributed by atoms with Crippen LogP contribution in [-0.2, 0) is 11.6 Å². The number of alkyl halides is 3. The van der Waals surface area contributed by atoms with Crippen LogP contribution in [-0.4, -0.2) is 19.6 Å². The molecule has 5 heteroatoms. The molecule has 0 unspecified atom stereocenters. The summed E-state index contributed by atoms with van der Waals surface area (Å²) in [6.45, 7) is 1.98. The van der Waals surface area contributed by atoms with Crippen LogP contribution >= 0.6 is 0 Å². The van der Waals surface area contributed by atoms with E-state index in [1.807, 2.05) is 0 Å². The van der Waals surface area contributed by atoms with E-state index in [1.54, 1.807) is 6.07 Å². The van der Waals surface area contributed by atoms with Crippen LogP contribution in [0.2, 0.25) is 0 Å². The van der Waals surface area contributed by atoms with Gasteiger partial charge in [0.15, 0.2) is 0 Å². The number of nitrogens with one attached hydrogen (secondary N) is 1. The fraction of sp³-hybridized carbons (Fsp3) is 0.538. The molecule has 0 aliphatic carbocycles. The van der Waals surface area contributed by atoms with Crippen LogP contribution in [0.5, 0.6) is 0 Å². The molecule has 100 valence electrons. The summed E-state index contributed by atoms with van der Waals surface area (Å²) in [5.74, 6) is 0. The van der Waals surface area contributed by atoms with Crippen molar-refractivity contribution in [2.75, 3.05) is 19.6 Å². The minimum Gasteiger partial charge on any atom is -0.330 e. The molecular formula is C13H17F3N2. The average Bonchev–Trinajstić information content (AvgIpc) is 2.39. The quantitative estimate of drug-likeness (QED) is 0.854. The Balaban J connectivity index is 2.37. The summed E-state index contributed by atoms with van der Waals surface area (Å²) in [7, 11) is 0. The molecule has 0 bridgehead atoms. The first kappa shape index (κ1) is 13.4. The first-order chi connectivity index (χ1) is 8.48. The highest BCUT2D eigenvalue weighted by Crippen LogP contribution is 2.36. The van der Waals surface area contributed by atoms with Gasteiger partial charge in [0, 0.05) is 12.0 Å². The second kappa shape index (κ2) is 4.90. The topological polar surface area (TPSA) is 38.0 Å². The van der Waals surface area contributed by atoms with Gasteiger partial charge in [-0.1, -0.05) is 18.2 Å². The Bertz CT molecular complexity index is 409. The lowest BCUT2D eigenvalue weighted by atomic mass is 9.73. The molecule has 2 nitrogen and oxygen atoms in total. The third-order valence-electron chi connectivity index (χ3n) is 3.75. The lowest BCUT2D eigenvalue weighted by Crippen LogP contribution is -2.45. The van der Waals surface area contributed by atoms with Crippen LogP contribution in [0.15, 0.2) is 24.3 Å². The van der Waals surface area contributed by atoms with Crippen LogP contribution < -0.4 is 11.1 Å². The van der Waals surface area contributed by atoms with Gasteiger partial charge in [-0.05, 0) is 37.6 Å². The van der Waals surface area contributed by atoms with Crippen molar-refractivity contribution in [1.82, 2.24) is 5.32 Å². The number of piperidine rings is 1. The Morgan fingerprint density at radius 2 is 1.89 bits per heavy atom. The van der Waals surface area contributed by atoms with E-state index in [0.717, 1.165) is 32.0 Å². The van der Waals surface area contributed by atoms with Crippen molar-refractivity contribution >= 4 is 0 Å². The van der Waals surface area contributed by atoms with Crippen LogP contribution in [0.4, 0.5) is 13.2 Å². The van der Waals surface area contributed by atoms with Crippen LogP contribution in [0.1, 0.15) is 24.0 Å². The average molecular weight is 258 g/mol. The van der Waals surface area contributed by atoms with Crippen molar-refractivity contribution in [3.8, 4) is 0 Å². The minimum absolute atomic E-state index is 0.313. The van der Waals surface area contributed by atoms with E-state index in [1.165, 1.54) is 12.1 Å². The van der Waals surface area contributed by atoms with Crippen molar-refractivity contribution < 1.29 is 13.2 Å². The van der Waals surface area contributed by atoms with Gasteiger partial charge in [0.2, 0.25) is 0 Å². The second-order valence-corrected chi connectivity index (χ2v) is 4.81. The van der Waals surface area contributed by atoms with Crippen LogP contribution in [0.3, 0.4) is 0 Å². The highest BCUT2D eigenvalue weighted by Gasteiger charge is 2.36. The van der Waals surface area contributed by atoms with E-state index < -0.39 is 11.7 Å². The maximum absolute atomic E-state index is 12.7. The maximum Gasteiger partial charge on any atom is 0.416 e. The van der Waals surface area contributed by atoms with E-state index in [4.69, 9.17) is 5.73 Å². The Morgan fingerprint density at radius 3 is 2.44 bits per heavy atom. The molecule has 1 heterocycles. The third kappa shape index (κ3) is 2.52. The Kier molecular flexibility index (Phi) is 3.64. The summed E-state index contributed by atoms with van der Waals surface area (Å²) in [6, 6.07) is 5.58. The first-order valence-electron chi connectivity index (χ1n) is 6.06. The molecule has 1 aliphatic rings. The molecule has 18 heavy (non-hydrogen) atoms. The molecule has 0 spiro atoms. The molecule has 2 rings (SSSR count). The van der Waals surface area contributed by atoms with Crippen molar-refractivity contribution in [1.29, 1.82) is 0 Å². The predicted molar refractivity (Wildman–Crippen MR) is 64.3 cm³/mol. The van der Waals surface area contributed by atoms with Gasteiger partial charge in [0.25, 0.3) is 0 Å². The number of hydrogen-bond donors (Lipinski definition) is 2. The van der Waals surface area contributed by atoms with Crippen LogP contribution in [0, 0.1) is 0 Å². The minimum atomic E-state index is -4.29. The standard InChI is InChI=1S/C13H17F3N2/c14-13(15,16)11-3-1-2-10(8-11)12(9-17)4-6-18-7-5-12/h1-3,8,18H,4-7,9,17H2. The highest BCUT2D eigenvalue weighted by atomic mass is 19.4. The Hall–Kier alpha value is -1.07. The first-order valence-corrected chi connectivity index (χ1v) is 6.06. The lowest BCUT2D eigenvalue weighted by molar-refractivity contribution is -0.137. The summed E-state index contributed by atoms with van der Waals surface area (Å²) in [4.78, 5) is 0. The largest absolute Gasteiger partial charge is 0.416 e. The van der Waals surface area contributed by atoms with Gasteiger partial charge in [0.1, 0.15) is 0 Å². The monoisotopic (exact) mass is 258 g/mol. The number of nitrogens with two attached hydrogens (primary N) is 1. The summed E-state index contributed by atoms with van der Waals surface area (Å²) in [6.07, 6.45) is -2.73. The van der Waals surface area contributed by atoms with E-state index in [2.05, 4.69) is 5.32 Å². The Morgan fingerprint density at radius 1 is 1.22 bits per heavy atom. The summed E-state index contributed by atoms with van der Waals surface area (Å²) >= 11 is 0. The van der Waals surface area contributed by atoms with Gasteiger partial charge in [-0.2, -0.15) is 13.2 Å². The predicted octanol–water partition coefficient (Wildman–Crippen LogP) is 2.29. The molecule has 0 amide bonds. The SMILES string of the molecule is NCC1(c2cccc(C(F)(F)F)c2)CCNCC1. The summed E-state index contributed by atoms with van der Waals surface area (Å²) < 4.78 is 38.2. The van der Waals surface area contributed by atoms with Crippen molar-refractivity contribution in [2.24, 2.45) is 5.73 Å². The van der Waals surface area contributed by atoms with Crippen molar-refractivity contribution in [3.05, 3.63) is 35.4 Å². The summed E-state index contributed by atoms with van der Waals surface area (Å²) in [5.41, 5.74) is 5.63. The zero-order chi connectivity index (χ0) is 13.2. The van der Waals surface area contributed by atoms with Gasteiger partial charge in [-0.3, -0.25) is 0 Å². The molecule has 3 N–H and O–H groups in total.